The summed E-state index contributed by atoms with van der Waals surface area (Å²) < 4.78 is 28.7. The first-order valence-electron chi connectivity index (χ1n) is 11.3. The summed E-state index contributed by atoms with van der Waals surface area (Å²) in [5.74, 6) is -2.88. The number of aromatic carboxylic acids is 1. The van der Waals surface area contributed by atoms with E-state index in [-0.39, 0.29) is 37.5 Å². The number of thiophene rings is 1. The maximum atomic E-state index is 13.8. The Labute approximate surface area is 200 Å². The third-order valence-electron chi connectivity index (χ3n) is 6.44. The second kappa shape index (κ2) is 8.51. The molecular weight excluding hydrogens is 456 g/mol. The van der Waals surface area contributed by atoms with Gasteiger partial charge in [-0.2, -0.15) is 0 Å². The fourth-order valence-corrected chi connectivity index (χ4v) is 5.60. The van der Waals surface area contributed by atoms with Crippen molar-refractivity contribution in [2.75, 3.05) is 23.3 Å². The number of para-hydroxylation sites is 1. The van der Waals surface area contributed by atoms with Crippen LogP contribution in [0.1, 0.15) is 47.3 Å². The lowest BCUT2D eigenvalue weighted by Gasteiger charge is -2.33. The SMILES string of the molecule is Cc1cc([C@@H](C)Nc2ccccc2C(=O)O)c2nc(N3CCC(F)(F)CC3)c3ccsc3c2c1. The number of hydrogen-bond acceptors (Lipinski definition) is 5. The van der Waals surface area contributed by atoms with Gasteiger partial charge in [0.05, 0.1) is 17.1 Å². The Balaban J connectivity index is 1.62. The van der Waals surface area contributed by atoms with Crippen LogP contribution in [0.25, 0.3) is 21.0 Å². The molecule has 0 amide bonds. The number of aromatic nitrogens is 1. The van der Waals surface area contributed by atoms with Crippen molar-refractivity contribution in [2.45, 2.75) is 38.7 Å². The average Bonchev–Trinajstić information content (AvgIpc) is 3.29. The fraction of sp³-hybridized carbons (Fsp3) is 0.308. The Morgan fingerprint density at radius 1 is 1.18 bits per heavy atom. The number of fused-ring (bicyclic) bond motifs is 3. The van der Waals surface area contributed by atoms with Crippen LogP contribution < -0.4 is 10.2 Å². The van der Waals surface area contributed by atoms with Crippen LogP contribution in [-0.2, 0) is 0 Å². The number of piperidine rings is 1. The fourth-order valence-electron chi connectivity index (χ4n) is 4.69. The quantitative estimate of drug-likeness (QED) is 0.326. The van der Waals surface area contributed by atoms with Gasteiger partial charge in [0.25, 0.3) is 5.92 Å². The molecule has 1 fully saturated rings. The molecule has 1 atom stereocenters. The molecule has 0 spiro atoms. The summed E-state index contributed by atoms with van der Waals surface area (Å²) in [7, 11) is 0. The lowest BCUT2D eigenvalue weighted by atomic mass is 9.99. The molecule has 2 N–H and O–H groups in total. The van der Waals surface area contributed by atoms with Crippen LogP contribution in [0, 0.1) is 6.92 Å². The van der Waals surface area contributed by atoms with Gasteiger partial charge >= 0.3 is 5.97 Å². The Kier molecular flexibility index (Phi) is 5.64. The predicted molar refractivity (Wildman–Crippen MR) is 134 cm³/mol. The van der Waals surface area contributed by atoms with Gasteiger partial charge in [0, 0.05) is 52.7 Å². The number of carbonyl (C=O) groups is 1. The van der Waals surface area contributed by atoms with Crippen LogP contribution in [0.3, 0.4) is 0 Å². The maximum Gasteiger partial charge on any atom is 0.337 e. The molecule has 0 radical (unpaired) electrons. The molecule has 4 aromatic rings. The number of benzene rings is 2. The number of nitrogens with one attached hydrogen (secondary N) is 1. The minimum Gasteiger partial charge on any atom is -0.478 e. The van der Waals surface area contributed by atoms with Crippen LogP contribution in [0.15, 0.2) is 47.8 Å². The zero-order chi connectivity index (χ0) is 24.0. The van der Waals surface area contributed by atoms with Gasteiger partial charge in [0.1, 0.15) is 5.82 Å². The van der Waals surface area contributed by atoms with Crippen molar-refractivity contribution < 1.29 is 18.7 Å². The van der Waals surface area contributed by atoms with E-state index in [1.807, 2.05) is 30.2 Å². The Hall–Kier alpha value is -3.26. The summed E-state index contributed by atoms with van der Waals surface area (Å²) in [4.78, 5) is 18.7. The van der Waals surface area contributed by atoms with Crippen molar-refractivity contribution in [3.8, 4) is 0 Å². The standard InChI is InChI=1S/C26H25F2N3O2S/c1-15-13-19(16(2)29-21-6-4-3-5-17(21)25(32)33)22-20(14-15)23-18(7-12-34-23)24(30-22)31-10-8-26(27,28)9-11-31/h3-7,12-14,16,29H,8-11H2,1-2H3,(H,32,33)/t16-/m1/s1. The number of hydrogen-bond donors (Lipinski definition) is 2. The van der Waals surface area contributed by atoms with Crippen LogP contribution in [-0.4, -0.2) is 35.1 Å². The molecule has 2 aromatic carbocycles. The molecule has 3 heterocycles. The van der Waals surface area contributed by atoms with Gasteiger partial charge in [-0.05, 0) is 49.1 Å². The van der Waals surface area contributed by atoms with Crippen LogP contribution >= 0.6 is 11.3 Å². The molecule has 5 rings (SSSR count). The van der Waals surface area contributed by atoms with Gasteiger partial charge in [0.2, 0.25) is 0 Å². The van der Waals surface area contributed by atoms with Crippen molar-refractivity contribution in [3.05, 3.63) is 64.5 Å². The summed E-state index contributed by atoms with van der Waals surface area (Å²) in [5, 5.41) is 16.9. The first-order chi connectivity index (χ1) is 16.2. The zero-order valence-electron chi connectivity index (χ0n) is 18.9. The molecule has 0 saturated carbocycles. The predicted octanol–water partition coefficient (Wildman–Crippen LogP) is 6.86. The monoisotopic (exact) mass is 481 g/mol. The van der Waals surface area contributed by atoms with Crippen LogP contribution in [0.2, 0.25) is 0 Å². The van der Waals surface area contributed by atoms with Crippen molar-refractivity contribution in [3.63, 3.8) is 0 Å². The lowest BCUT2D eigenvalue weighted by Crippen LogP contribution is -2.39. The van der Waals surface area contributed by atoms with Crippen molar-refractivity contribution >= 4 is 49.8 Å². The topological polar surface area (TPSA) is 65.5 Å². The number of pyridine rings is 1. The Morgan fingerprint density at radius 3 is 2.65 bits per heavy atom. The lowest BCUT2D eigenvalue weighted by molar-refractivity contribution is -0.0221. The third kappa shape index (κ3) is 4.07. The highest BCUT2D eigenvalue weighted by Crippen LogP contribution is 2.40. The first kappa shape index (κ1) is 22.5. The van der Waals surface area contributed by atoms with Crippen LogP contribution in [0.4, 0.5) is 20.3 Å². The van der Waals surface area contributed by atoms with Gasteiger partial charge in [-0.1, -0.05) is 18.2 Å². The van der Waals surface area contributed by atoms with Crippen molar-refractivity contribution in [1.29, 1.82) is 0 Å². The number of carboxylic acid groups (broad SMARTS) is 1. The number of alkyl halides is 2. The van der Waals surface area contributed by atoms with Gasteiger partial charge in [-0.3, -0.25) is 0 Å². The summed E-state index contributed by atoms with van der Waals surface area (Å²) in [6.07, 6.45) is -0.355. The Bertz CT molecular complexity index is 1390. The molecular formula is C26H25F2N3O2S. The minimum atomic E-state index is -2.63. The second-order valence-corrected chi connectivity index (χ2v) is 9.83. The average molecular weight is 482 g/mol. The van der Waals surface area contributed by atoms with E-state index >= 15 is 0 Å². The minimum absolute atomic E-state index is 0.178. The summed E-state index contributed by atoms with van der Waals surface area (Å²) >= 11 is 1.62. The van der Waals surface area contributed by atoms with E-state index in [0.29, 0.717) is 5.69 Å². The van der Waals surface area contributed by atoms with Crippen LogP contribution in [0.5, 0.6) is 0 Å². The maximum absolute atomic E-state index is 13.8. The largest absolute Gasteiger partial charge is 0.478 e. The van der Waals surface area contributed by atoms with Gasteiger partial charge < -0.3 is 15.3 Å². The molecule has 8 heteroatoms. The molecule has 34 heavy (non-hydrogen) atoms. The molecule has 176 valence electrons. The highest BCUT2D eigenvalue weighted by molar-refractivity contribution is 7.18. The molecule has 1 aliphatic rings. The van der Waals surface area contributed by atoms with E-state index in [2.05, 4.69) is 17.4 Å². The highest BCUT2D eigenvalue weighted by atomic mass is 32.1. The summed E-state index contributed by atoms with van der Waals surface area (Å²) in [5.41, 5.74) is 3.56. The molecule has 1 aliphatic heterocycles. The van der Waals surface area contributed by atoms with Gasteiger partial charge in [0.15, 0.2) is 0 Å². The summed E-state index contributed by atoms with van der Waals surface area (Å²) in [6, 6.07) is 12.8. The highest BCUT2D eigenvalue weighted by Gasteiger charge is 2.35. The van der Waals surface area contributed by atoms with E-state index in [9.17, 15) is 18.7 Å². The van der Waals surface area contributed by atoms with Crippen molar-refractivity contribution in [2.24, 2.45) is 0 Å². The molecule has 0 bridgehead atoms. The van der Waals surface area contributed by atoms with E-state index in [1.54, 1.807) is 35.6 Å². The van der Waals surface area contributed by atoms with E-state index in [0.717, 1.165) is 37.9 Å². The molecule has 0 aliphatic carbocycles. The number of carboxylic acids is 1. The zero-order valence-corrected chi connectivity index (χ0v) is 19.8. The van der Waals surface area contributed by atoms with E-state index in [4.69, 9.17) is 4.98 Å². The number of rotatable bonds is 5. The van der Waals surface area contributed by atoms with E-state index in [1.165, 1.54) is 0 Å². The molecule has 0 unspecified atom stereocenters. The number of halogens is 2. The summed E-state index contributed by atoms with van der Waals surface area (Å²) in [6.45, 7) is 4.53. The third-order valence-corrected chi connectivity index (χ3v) is 7.39. The van der Waals surface area contributed by atoms with Gasteiger partial charge in [-0.15, -0.1) is 11.3 Å². The normalized spacial score (nSPS) is 16.6. The van der Waals surface area contributed by atoms with E-state index < -0.39 is 11.9 Å². The molecule has 2 aromatic heterocycles. The number of nitrogens with zero attached hydrogens (tertiary/aromatic N) is 2. The first-order valence-corrected chi connectivity index (χ1v) is 12.1. The molecule has 1 saturated heterocycles. The van der Waals surface area contributed by atoms with Gasteiger partial charge in [-0.25, -0.2) is 18.6 Å². The van der Waals surface area contributed by atoms with Crippen molar-refractivity contribution in [1.82, 2.24) is 4.98 Å². The number of anilines is 2. The second-order valence-electron chi connectivity index (χ2n) is 8.91. The number of aryl methyl sites for hydroxylation is 1. The molecule has 5 nitrogen and oxygen atoms in total. The smallest absolute Gasteiger partial charge is 0.337 e. The Morgan fingerprint density at radius 2 is 1.91 bits per heavy atom.